The molecule has 0 aliphatic carbocycles. The summed E-state index contributed by atoms with van der Waals surface area (Å²) < 4.78 is 11.1. The van der Waals surface area contributed by atoms with E-state index in [4.69, 9.17) is 9.47 Å². The molecule has 0 spiro atoms. The van der Waals surface area contributed by atoms with Gasteiger partial charge >= 0.3 is 0 Å². The number of ether oxygens (including phenoxy) is 2. The normalized spacial score (nSPS) is 19.6. The summed E-state index contributed by atoms with van der Waals surface area (Å²) in [6.07, 6.45) is 1.68. The molecule has 0 N–H and O–H groups in total. The molecule has 22 heavy (non-hydrogen) atoms. The summed E-state index contributed by atoms with van der Waals surface area (Å²) in [7, 11) is 0. The van der Waals surface area contributed by atoms with Gasteiger partial charge in [0.05, 0.1) is 13.2 Å². The van der Waals surface area contributed by atoms with Crippen LogP contribution in [0.3, 0.4) is 0 Å². The number of carbonyl (C=O) groups is 1. The Morgan fingerprint density at radius 2 is 1.86 bits per heavy atom. The number of rotatable bonds is 6. The molecule has 1 aromatic rings. The van der Waals surface area contributed by atoms with Crippen LogP contribution in [0.15, 0.2) is 24.3 Å². The first-order valence-electron chi connectivity index (χ1n) is 8.11. The minimum absolute atomic E-state index is 0.269. The molecule has 2 saturated heterocycles. The predicted molar refractivity (Wildman–Crippen MR) is 83.8 cm³/mol. The van der Waals surface area contributed by atoms with Crippen LogP contribution < -0.4 is 4.74 Å². The lowest BCUT2D eigenvalue weighted by Crippen LogP contribution is -2.38. The minimum Gasteiger partial charge on any atom is -0.492 e. The number of hydrogen-bond acceptors (Lipinski definition) is 4. The molecular formula is C17H24N2O3. The standard InChI is InChI=1S/C17H24N2O3/c20-17-2-1-7-19(17)14-15-3-5-16(6-4-15)22-13-10-18-8-11-21-12-9-18/h3-6H,1-2,7-14H2. The SMILES string of the molecule is O=C1CCCN1Cc1ccc(OCCN2CCOCC2)cc1. The number of carbonyl (C=O) groups excluding carboxylic acids is 1. The molecule has 0 bridgehead atoms. The molecule has 0 radical (unpaired) electrons. The Hall–Kier alpha value is -1.59. The van der Waals surface area contributed by atoms with E-state index >= 15 is 0 Å². The maximum atomic E-state index is 11.6. The van der Waals surface area contributed by atoms with Crippen LogP contribution in [0.5, 0.6) is 5.75 Å². The van der Waals surface area contributed by atoms with Crippen LogP contribution in [-0.2, 0) is 16.1 Å². The van der Waals surface area contributed by atoms with Crippen LogP contribution in [0.1, 0.15) is 18.4 Å². The molecule has 0 saturated carbocycles. The van der Waals surface area contributed by atoms with E-state index in [1.165, 1.54) is 0 Å². The molecule has 2 aliphatic rings. The van der Waals surface area contributed by atoms with Gasteiger partial charge in [0.2, 0.25) is 5.91 Å². The fourth-order valence-electron chi connectivity index (χ4n) is 2.90. The molecule has 3 rings (SSSR count). The Kier molecular flexibility index (Phi) is 5.29. The highest BCUT2D eigenvalue weighted by atomic mass is 16.5. The zero-order valence-corrected chi connectivity index (χ0v) is 13.0. The highest BCUT2D eigenvalue weighted by Crippen LogP contribution is 2.17. The van der Waals surface area contributed by atoms with Gasteiger partial charge < -0.3 is 14.4 Å². The van der Waals surface area contributed by atoms with E-state index in [0.717, 1.165) is 57.1 Å². The van der Waals surface area contributed by atoms with Crippen LogP contribution in [0.2, 0.25) is 0 Å². The summed E-state index contributed by atoms with van der Waals surface area (Å²) in [6, 6.07) is 8.09. The predicted octanol–water partition coefficient (Wildman–Crippen LogP) is 1.52. The van der Waals surface area contributed by atoms with Gasteiger partial charge in [-0.15, -0.1) is 0 Å². The summed E-state index contributed by atoms with van der Waals surface area (Å²) in [5, 5.41) is 0. The van der Waals surface area contributed by atoms with E-state index in [-0.39, 0.29) is 5.91 Å². The van der Waals surface area contributed by atoms with Crippen molar-refractivity contribution in [2.75, 3.05) is 46.0 Å². The number of likely N-dealkylation sites (tertiary alicyclic amines) is 1. The van der Waals surface area contributed by atoms with Gasteiger partial charge in [-0.05, 0) is 24.1 Å². The average Bonchev–Trinajstić information content (AvgIpc) is 2.95. The average molecular weight is 304 g/mol. The third kappa shape index (κ3) is 4.21. The second-order valence-electron chi connectivity index (χ2n) is 5.87. The fraction of sp³-hybridized carbons (Fsp3) is 0.588. The molecule has 0 unspecified atom stereocenters. The molecule has 5 heteroatoms. The zero-order valence-electron chi connectivity index (χ0n) is 13.0. The number of amides is 1. The van der Waals surface area contributed by atoms with Crippen LogP contribution in [0.25, 0.3) is 0 Å². The molecule has 120 valence electrons. The summed E-state index contributed by atoms with van der Waals surface area (Å²) in [6.45, 7) is 6.87. The molecule has 1 aromatic carbocycles. The lowest BCUT2D eigenvalue weighted by atomic mass is 10.2. The lowest BCUT2D eigenvalue weighted by Gasteiger charge is -2.26. The summed E-state index contributed by atoms with van der Waals surface area (Å²) in [4.78, 5) is 15.9. The third-order valence-electron chi connectivity index (χ3n) is 4.25. The molecule has 2 aliphatic heterocycles. The van der Waals surface area contributed by atoms with Crippen molar-refractivity contribution in [3.05, 3.63) is 29.8 Å². The summed E-state index contributed by atoms with van der Waals surface area (Å²) in [5.41, 5.74) is 1.16. The van der Waals surface area contributed by atoms with E-state index in [1.54, 1.807) is 0 Å². The van der Waals surface area contributed by atoms with E-state index < -0.39 is 0 Å². The Bertz CT molecular complexity index is 483. The van der Waals surface area contributed by atoms with Crippen molar-refractivity contribution in [3.8, 4) is 5.75 Å². The molecule has 2 heterocycles. The first-order valence-corrected chi connectivity index (χ1v) is 8.11. The fourth-order valence-corrected chi connectivity index (χ4v) is 2.90. The lowest BCUT2D eigenvalue weighted by molar-refractivity contribution is -0.128. The summed E-state index contributed by atoms with van der Waals surface area (Å²) >= 11 is 0. The maximum absolute atomic E-state index is 11.6. The second-order valence-corrected chi connectivity index (χ2v) is 5.87. The van der Waals surface area contributed by atoms with E-state index in [2.05, 4.69) is 17.0 Å². The quantitative estimate of drug-likeness (QED) is 0.799. The van der Waals surface area contributed by atoms with Crippen molar-refractivity contribution in [2.24, 2.45) is 0 Å². The first-order chi connectivity index (χ1) is 10.8. The summed E-state index contributed by atoms with van der Waals surface area (Å²) in [5.74, 6) is 1.16. The smallest absolute Gasteiger partial charge is 0.222 e. The van der Waals surface area contributed by atoms with Crippen LogP contribution in [-0.4, -0.2) is 61.7 Å². The topological polar surface area (TPSA) is 42.0 Å². The highest BCUT2D eigenvalue weighted by Gasteiger charge is 2.19. The molecule has 0 aromatic heterocycles. The second kappa shape index (κ2) is 7.61. The van der Waals surface area contributed by atoms with Crippen LogP contribution in [0.4, 0.5) is 0 Å². The van der Waals surface area contributed by atoms with Gasteiger partial charge in [-0.2, -0.15) is 0 Å². The molecule has 1 amide bonds. The van der Waals surface area contributed by atoms with Gasteiger partial charge in [-0.3, -0.25) is 9.69 Å². The van der Waals surface area contributed by atoms with Gasteiger partial charge in [0.25, 0.3) is 0 Å². The number of benzene rings is 1. The van der Waals surface area contributed by atoms with Gasteiger partial charge in [-0.25, -0.2) is 0 Å². The number of nitrogens with zero attached hydrogens (tertiary/aromatic N) is 2. The van der Waals surface area contributed by atoms with Crippen molar-refractivity contribution in [1.29, 1.82) is 0 Å². The van der Waals surface area contributed by atoms with Crippen molar-refractivity contribution < 1.29 is 14.3 Å². The third-order valence-corrected chi connectivity index (χ3v) is 4.25. The molecule has 0 atom stereocenters. The van der Waals surface area contributed by atoms with E-state index in [9.17, 15) is 4.79 Å². The molecule has 5 nitrogen and oxygen atoms in total. The van der Waals surface area contributed by atoms with Crippen LogP contribution >= 0.6 is 0 Å². The van der Waals surface area contributed by atoms with Gasteiger partial charge in [0, 0.05) is 39.1 Å². The van der Waals surface area contributed by atoms with Crippen molar-refractivity contribution in [1.82, 2.24) is 9.80 Å². The van der Waals surface area contributed by atoms with Crippen LogP contribution in [0, 0.1) is 0 Å². The monoisotopic (exact) mass is 304 g/mol. The Balaban J connectivity index is 1.42. The number of hydrogen-bond donors (Lipinski definition) is 0. The molecule has 2 fully saturated rings. The van der Waals surface area contributed by atoms with Gasteiger partial charge in [-0.1, -0.05) is 12.1 Å². The van der Waals surface area contributed by atoms with Crippen molar-refractivity contribution in [2.45, 2.75) is 19.4 Å². The van der Waals surface area contributed by atoms with Gasteiger partial charge in [0.1, 0.15) is 12.4 Å². The minimum atomic E-state index is 0.269. The Morgan fingerprint density at radius 1 is 1.09 bits per heavy atom. The maximum Gasteiger partial charge on any atom is 0.222 e. The number of morpholine rings is 1. The van der Waals surface area contributed by atoms with E-state index in [1.807, 2.05) is 17.0 Å². The zero-order chi connectivity index (χ0) is 15.2. The largest absolute Gasteiger partial charge is 0.492 e. The van der Waals surface area contributed by atoms with Crippen molar-refractivity contribution in [3.63, 3.8) is 0 Å². The Labute approximate surface area is 131 Å². The Morgan fingerprint density at radius 3 is 2.55 bits per heavy atom. The molecular weight excluding hydrogens is 280 g/mol. The highest BCUT2D eigenvalue weighted by molar-refractivity contribution is 5.78. The van der Waals surface area contributed by atoms with Gasteiger partial charge in [0.15, 0.2) is 0 Å². The first kappa shape index (κ1) is 15.3. The van der Waals surface area contributed by atoms with E-state index in [0.29, 0.717) is 19.6 Å². The van der Waals surface area contributed by atoms with Crippen molar-refractivity contribution >= 4 is 5.91 Å².